The molecule has 3 N–H and O–H groups in total. The van der Waals surface area contributed by atoms with Crippen LogP contribution in [0.3, 0.4) is 0 Å². The first-order valence-corrected chi connectivity index (χ1v) is 11.1. The maximum Gasteiger partial charge on any atom is 0.227 e. The SMILES string of the molecule is CN1CCN(C(=O)Cc2ccc(NC(=O)C3CC4CCCC(C3)C4N)cc2)CC1.Cl.Cl. The number of piperazine rings is 1. The number of carbonyl (C=O) groups is 2. The Morgan fingerprint density at radius 2 is 1.58 bits per heavy atom. The van der Waals surface area contributed by atoms with Gasteiger partial charge in [0.05, 0.1) is 6.42 Å². The van der Waals surface area contributed by atoms with Crippen LogP contribution in [0.1, 0.15) is 37.7 Å². The lowest BCUT2D eigenvalue weighted by molar-refractivity contribution is -0.132. The second kappa shape index (κ2) is 11.5. The molecule has 1 aliphatic heterocycles. The molecule has 1 aromatic carbocycles. The second-order valence-corrected chi connectivity index (χ2v) is 9.24. The zero-order valence-electron chi connectivity index (χ0n) is 18.3. The number of hydrogen-bond acceptors (Lipinski definition) is 4. The van der Waals surface area contributed by atoms with Crippen LogP contribution in [0.4, 0.5) is 5.69 Å². The average Bonchev–Trinajstić information content (AvgIpc) is 2.69. The van der Waals surface area contributed by atoms with Gasteiger partial charge in [0, 0.05) is 43.8 Å². The Morgan fingerprint density at radius 3 is 2.16 bits per heavy atom. The minimum absolute atomic E-state index is 0. The summed E-state index contributed by atoms with van der Waals surface area (Å²) in [5, 5.41) is 3.08. The van der Waals surface area contributed by atoms with Crippen molar-refractivity contribution in [1.82, 2.24) is 9.80 Å². The average molecular weight is 471 g/mol. The molecule has 4 rings (SSSR count). The number of nitrogens with zero attached hydrogens (tertiary/aromatic N) is 2. The molecule has 2 amide bonds. The molecule has 174 valence electrons. The molecule has 2 atom stereocenters. The van der Waals surface area contributed by atoms with E-state index in [9.17, 15) is 9.59 Å². The van der Waals surface area contributed by atoms with E-state index in [1.54, 1.807) is 0 Å². The molecule has 2 unspecified atom stereocenters. The molecule has 2 aliphatic carbocycles. The summed E-state index contributed by atoms with van der Waals surface area (Å²) >= 11 is 0. The molecule has 3 fully saturated rings. The Bertz CT molecular complexity index is 724. The van der Waals surface area contributed by atoms with Gasteiger partial charge in [0.2, 0.25) is 11.8 Å². The van der Waals surface area contributed by atoms with Crippen molar-refractivity contribution >= 4 is 42.3 Å². The number of benzene rings is 1. The van der Waals surface area contributed by atoms with Gasteiger partial charge in [0.1, 0.15) is 0 Å². The Kier molecular flexibility index (Phi) is 9.62. The largest absolute Gasteiger partial charge is 0.340 e. The van der Waals surface area contributed by atoms with Gasteiger partial charge in [-0.05, 0) is 62.3 Å². The van der Waals surface area contributed by atoms with Crippen molar-refractivity contribution in [3.63, 3.8) is 0 Å². The summed E-state index contributed by atoms with van der Waals surface area (Å²) < 4.78 is 0. The highest BCUT2D eigenvalue weighted by atomic mass is 35.5. The summed E-state index contributed by atoms with van der Waals surface area (Å²) in [7, 11) is 2.09. The van der Waals surface area contributed by atoms with Crippen LogP contribution in [0.2, 0.25) is 0 Å². The van der Waals surface area contributed by atoms with Gasteiger partial charge >= 0.3 is 0 Å². The summed E-state index contributed by atoms with van der Waals surface area (Å²) in [4.78, 5) is 29.5. The van der Waals surface area contributed by atoms with Crippen LogP contribution in [-0.4, -0.2) is 60.9 Å². The third kappa shape index (κ3) is 6.35. The van der Waals surface area contributed by atoms with Crippen LogP contribution in [0.25, 0.3) is 0 Å². The molecule has 0 spiro atoms. The smallest absolute Gasteiger partial charge is 0.227 e. The number of nitrogens with one attached hydrogen (secondary N) is 1. The third-order valence-electron chi connectivity index (χ3n) is 7.22. The van der Waals surface area contributed by atoms with E-state index in [2.05, 4.69) is 17.3 Å². The Labute approximate surface area is 198 Å². The van der Waals surface area contributed by atoms with E-state index >= 15 is 0 Å². The Hall–Kier alpha value is -1.34. The number of likely N-dealkylation sites (N-methyl/N-ethyl adjacent to an activating group) is 1. The zero-order chi connectivity index (χ0) is 20.4. The van der Waals surface area contributed by atoms with Crippen LogP contribution in [0.15, 0.2) is 24.3 Å². The first-order chi connectivity index (χ1) is 14.0. The van der Waals surface area contributed by atoms with Gasteiger partial charge in [0.25, 0.3) is 0 Å². The van der Waals surface area contributed by atoms with Crippen molar-refractivity contribution in [3.8, 4) is 0 Å². The lowest BCUT2D eigenvalue weighted by atomic mass is 9.65. The highest BCUT2D eigenvalue weighted by Gasteiger charge is 2.40. The van der Waals surface area contributed by atoms with E-state index < -0.39 is 0 Å². The molecule has 31 heavy (non-hydrogen) atoms. The first kappa shape index (κ1) is 25.9. The molecule has 1 heterocycles. The number of anilines is 1. The number of halogens is 2. The standard InChI is InChI=1S/C23H34N4O2.2ClH/c1-26-9-11-27(12-10-26)21(28)13-16-5-7-20(8-6-16)25-23(29)19-14-17-3-2-4-18(15-19)22(17)24;;/h5-8,17-19,22H,2-4,9-15,24H2,1H3,(H,25,29);2*1H. The first-order valence-electron chi connectivity index (χ1n) is 11.1. The molecule has 6 nitrogen and oxygen atoms in total. The lowest BCUT2D eigenvalue weighted by Gasteiger charge is -2.43. The fraction of sp³-hybridized carbons (Fsp3) is 0.652. The van der Waals surface area contributed by atoms with Gasteiger partial charge in [-0.3, -0.25) is 9.59 Å². The topological polar surface area (TPSA) is 78.7 Å². The van der Waals surface area contributed by atoms with Gasteiger partial charge < -0.3 is 20.9 Å². The molecule has 3 aliphatic rings. The number of amides is 2. The number of nitrogens with two attached hydrogens (primary N) is 1. The Balaban J connectivity index is 0.00000171. The quantitative estimate of drug-likeness (QED) is 0.708. The predicted octanol–water partition coefficient (Wildman–Crippen LogP) is 2.94. The van der Waals surface area contributed by atoms with E-state index in [-0.39, 0.29) is 48.6 Å². The molecular formula is C23H36Cl2N4O2. The van der Waals surface area contributed by atoms with E-state index in [0.717, 1.165) is 63.1 Å². The fourth-order valence-electron chi connectivity index (χ4n) is 5.30. The minimum atomic E-state index is 0. The van der Waals surface area contributed by atoms with Crippen LogP contribution >= 0.6 is 24.8 Å². The molecule has 1 saturated heterocycles. The van der Waals surface area contributed by atoms with Gasteiger partial charge in [0.15, 0.2) is 0 Å². The van der Waals surface area contributed by atoms with Crippen molar-refractivity contribution < 1.29 is 9.59 Å². The normalized spacial score (nSPS) is 28.1. The number of carbonyl (C=O) groups excluding carboxylic acids is 2. The minimum Gasteiger partial charge on any atom is -0.340 e. The van der Waals surface area contributed by atoms with Crippen LogP contribution < -0.4 is 11.1 Å². The zero-order valence-corrected chi connectivity index (χ0v) is 19.9. The third-order valence-corrected chi connectivity index (χ3v) is 7.22. The summed E-state index contributed by atoms with van der Waals surface area (Å²) in [6, 6.07) is 8.02. The van der Waals surface area contributed by atoms with Gasteiger partial charge in [-0.25, -0.2) is 0 Å². The lowest BCUT2D eigenvalue weighted by Crippen LogP contribution is -2.48. The van der Waals surface area contributed by atoms with Crippen LogP contribution in [-0.2, 0) is 16.0 Å². The van der Waals surface area contributed by atoms with Gasteiger partial charge in [-0.2, -0.15) is 0 Å². The van der Waals surface area contributed by atoms with Crippen LogP contribution in [0, 0.1) is 17.8 Å². The van der Waals surface area contributed by atoms with E-state index in [4.69, 9.17) is 5.73 Å². The second-order valence-electron chi connectivity index (χ2n) is 9.24. The van der Waals surface area contributed by atoms with Gasteiger partial charge in [-0.15, -0.1) is 24.8 Å². The van der Waals surface area contributed by atoms with Gasteiger partial charge in [-0.1, -0.05) is 18.6 Å². The van der Waals surface area contributed by atoms with E-state index in [1.165, 1.54) is 6.42 Å². The van der Waals surface area contributed by atoms with Crippen LogP contribution in [0.5, 0.6) is 0 Å². The summed E-state index contributed by atoms with van der Waals surface area (Å²) in [5.74, 6) is 1.38. The summed E-state index contributed by atoms with van der Waals surface area (Å²) in [5.41, 5.74) is 8.15. The highest BCUT2D eigenvalue weighted by molar-refractivity contribution is 5.92. The molecular weight excluding hydrogens is 435 g/mol. The maximum atomic E-state index is 12.8. The molecule has 1 aromatic rings. The number of hydrogen-bond donors (Lipinski definition) is 2. The molecule has 0 aromatic heterocycles. The molecule has 0 radical (unpaired) electrons. The fourth-order valence-corrected chi connectivity index (χ4v) is 5.30. The van der Waals surface area contributed by atoms with Crippen molar-refractivity contribution in [2.45, 2.75) is 44.6 Å². The molecule has 2 saturated carbocycles. The molecule has 2 bridgehead atoms. The monoisotopic (exact) mass is 470 g/mol. The summed E-state index contributed by atoms with van der Waals surface area (Å²) in [6.07, 6.45) is 5.84. The number of rotatable bonds is 4. The Morgan fingerprint density at radius 1 is 1.00 bits per heavy atom. The van der Waals surface area contributed by atoms with Crippen molar-refractivity contribution in [2.24, 2.45) is 23.5 Å². The molecule has 8 heteroatoms. The number of fused-ring (bicyclic) bond motifs is 2. The predicted molar refractivity (Wildman–Crippen MR) is 129 cm³/mol. The van der Waals surface area contributed by atoms with E-state index in [0.29, 0.717) is 18.3 Å². The van der Waals surface area contributed by atoms with Crippen molar-refractivity contribution in [1.29, 1.82) is 0 Å². The highest BCUT2D eigenvalue weighted by Crippen LogP contribution is 2.42. The van der Waals surface area contributed by atoms with Crippen molar-refractivity contribution in [3.05, 3.63) is 29.8 Å². The maximum absolute atomic E-state index is 12.8. The summed E-state index contributed by atoms with van der Waals surface area (Å²) in [6.45, 7) is 3.47. The van der Waals surface area contributed by atoms with E-state index in [1.807, 2.05) is 29.2 Å². The van der Waals surface area contributed by atoms with Crippen molar-refractivity contribution in [2.75, 3.05) is 38.5 Å².